The first-order valence-corrected chi connectivity index (χ1v) is 10.2. The van der Waals surface area contributed by atoms with Gasteiger partial charge in [0.1, 0.15) is 11.5 Å². The van der Waals surface area contributed by atoms with Crippen molar-refractivity contribution in [3.63, 3.8) is 0 Å². The van der Waals surface area contributed by atoms with Gasteiger partial charge in [0.2, 0.25) is 10.9 Å². The van der Waals surface area contributed by atoms with Crippen molar-refractivity contribution in [3.05, 3.63) is 69.1 Å². The second kappa shape index (κ2) is 10.2. The lowest BCUT2D eigenvalue weighted by Gasteiger charge is -2.09. The molecule has 0 saturated carbocycles. The third-order valence-corrected chi connectivity index (χ3v) is 4.94. The molecule has 0 spiro atoms. The van der Waals surface area contributed by atoms with Crippen LogP contribution >= 0.6 is 34.5 Å². The van der Waals surface area contributed by atoms with Crippen LogP contribution in [0.15, 0.2) is 54.0 Å². The lowest BCUT2D eigenvalue weighted by Crippen LogP contribution is -2.13. The Bertz CT molecular complexity index is 979. The fourth-order valence-electron chi connectivity index (χ4n) is 2.31. The van der Waals surface area contributed by atoms with E-state index in [1.165, 1.54) is 17.5 Å². The molecule has 2 aromatic carbocycles. The van der Waals surface area contributed by atoms with Crippen LogP contribution in [0.5, 0.6) is 11.5 Å². The summed E-state index contributed by atoms with van der Waals surface area (Å²) in [5, 5.41) is 5.72. The van der Waals surface area contributed by atoms with Gasteiger partial charge in [-0.25, -0.2) is 9.78 Å². The molecule has 1 aromatic heterocycles. The Morgan fingerprint density at radius 1 is 1.10 bits per heavy atom. The molecule has 29 heavy (non-hydrogen) atoms. The average Bonchev–Trinajstić information content (AvgIpc) is 3.23. The van der Waals surface area contributed by atoms with E-state index in [1.807, 2.05) is 0 Å². The van der Waals surface area contributed by atoms with Crippen LogP contribution in [0.3, 0.4) is 0 Å². The summed E-state index contributed by atoms with van der Waals surface area (Å²) in [7, 11) is 0. The van der Waals surface area contributed by atoms with Gasteiger partial charge in [0, 0.05) is 28.7 Å². The van der Waals surface area contributed by atoms with Crippen molar-refractivity contribution in [2.24, 2.45) is 0 Å². The number of amides is 1. The first-order valence-electron chi connectivity index (χ1n) is 8.61. The highest BCUT2D eigenvalue weighted by molar-refractivity contribution is 7.11. The molecule has 0 aliphatic carbocycles. The van der Waals surface area contributed by atoms with Crippen LogP contribution in [-0.2, 0) is 4.79 Å². The van der Waals surface area contributed by atoms with Crippen LogP contribution in [-0.4, -0.2) is 23.5 Å². The minimum atomic E-state index is -0.516. The summed E-state index contributed by atoms with van der Waals surface area (Å²) in [6.45, 7) is 0.348. The molecule has 0 fully saturated rings. The first-order chi connectivity index (χ1) is 14.0. The molecule has 0 radical (unpaired) electrons. The average molecular weight is 451 g/mol. The highest BCUT2D eigenvalue weighted by atomic mass is 35.5. The van der Waals surface area contributed by atoms with Crippen molar-refractivity contribution in [1.29, 1.82) is 0 Å². The van der Waals surface area contributed by atoms with Gasteiger partial charge in [-0.1, -0.05) is 23.2 Å². The molecule has 0 aliphatic heterocycles. The van der Waals surface area contributed by atoms with Crippen molar-refractivity contribution < 1.29 is 19.1 Å². The molecule has 1 N–H and O–H groups in total. The highest BCUT2D eigenvalue weighted by Crippen LogP contribution is 2.27. The van der Waals surface area contributed by atoms with Crippen molar-refractivity contribution in [2.75, 3.05) is 11.9 Å². The molecule has 3 aromatic rings. The zero-order chi connectivity index (χ0) is 20.6. The normalized spacial score (nSPS) is 10.4. The zero-order valence-electron chi connectivity index (χ0n) is 15.1. The Kier molecular flexibility index (Phi) is 7.46. The molecule has 0 atom stereocenters. The largest absolute Gasteiger partial charge is 0.492 e. The molecule has 1 heterocycles. The van der Waals surface area contributed by atoms with E-state index in [1.54, 1.807) is 47.8 Å². The molecular weight excluding hydrogens is 435 g/mol. The number of hydrogen-bond acceptors (Lipinski definition) is 6. The molecule has 150 valence electrons. The number of esters is 1. The smallest absolute Gasteiger partial charge is 0.372 e. The number of nitrogens with one attached hydrogen (secondary N) is 1. The summed E-state index contributed by atoms with van der Waals surface area (Å²) in [4.78, 5) is 27.8. The monoisotopic (exact) mass is 450 g/mol. The number of rotatable bonds is 8. The summed E-state index contributed by atoms with van der Waals surface area (Å²) in [6.07, 6.45) is 2.34. The Hall–Kier alpha value is -2.61. The number of benzene rings is 2. The maximum atomic E-state index is 12.1. The van der Waals surface area contributed by atoms with E-state index in [4.69, 9.17) is 32.7 Å². The van der Waals surface area contributed by atoms with Crippen LogP contribution in [0.4, 0.5) is 5.69 Å². The predicted octanol–water partition coefficient (Wildman–Crippen LogP) is 5.47. The third kappa shape index (κ3) is 6.45. The number of aromatic nitrogens is 1. The number of carbonyl (C=O) groups is 2. The molecule has 9 heteroatoms. The third-order valence-electron chi connectivity index (χ3n) is 3.66. The topological polar surface area (TPSA) is 77.5 Å². The Morgan fingerprint density at radius 3 is 2.59 bits per heavy atom. The lowest BCUT2D eigenvalue weighted by molar-refractivity contribution is -0.116. The van der Waals surface area contributed by atoms with E-state index in [2.05, 4.69) is 10.3 Å². The molecular formula is C20H16Cl2N2O4S. The second-order valence-electron chi connectivity index (χ2n) is 5.83. The van der Waals surface area contributed by atoms with Gasteiger partial charge >= 0.3 is 5.97 Å². The standard InChI is InChI=1S/C20H16Cl2N2O4S/c21-13-3-8-17(16(22)12-13)27-10-1-2-18(25)24-14-4-6-15(7-5-14)28-20(26)19-23-9-11-29-19/h3-9,11-12H,1-2,10H2,(H,24,25). The molecule has 0 bridgehead atoms. The number of nitrogens with zero attached hydrogens (tertiary/aromatic N) is 1. The van der Waals surface area contributed by atoms with Gasteiger partial charge in [-0.3, -0.25) is 4.79 Å². The van der Waals surface area contributed by atoms with E-state index < -0.39 is 5.97 Å². The molecule has 1 amide bonds. The fraction of sp³-hybridized carbons (Fsp3) is 0.150. The minimum absolute atomic E-state index is 0.150. The van der Waals surface area contributed by atoms with Crippen molar-refractivity contribution in [3.8, 4) is 11.5 Å². The second-order valence-corrected chi connectivity index (χ2v) is 7.56. The Morgan fingerprint density at radius 2 is 1.90 bits per heavy atom. The lowest BCUT2D eigenvalue weighted by atomic mass is 10.2. The van der Waals surface area contributed by atoms with Gasteiger partial charge in [0.25, 0.3) is 0 Å². The van der Waals surface area contributed by atoms with Crippen molar-refractivity contribution in [2.45, 2.75) is 12.8 Å². The number of thiazole rings is 1. The van der Waals surface area contributed by atoms with Gasteiger partial charge in [-0.2, -0.15) is 0 Å². The molecule has 3 rings (SSSR count). The number of ether oxygens (including phenoxy) is 2. The van der Waals surface area contributed by atoms with Crippen LogP contribution < -0.4 is 14.8 Å². The fourth-order valence-corrected chi connectivity index (χ4v) is 3.29. The molecule has 0 aliphatic rings. The zero-order valence-corrected chi connectivity index (χ0v) is 17.4. The first kappa shape index (κ1) is 21.1. The highest BCUT2D eigenvalue weighted by Gasteiger charge is 2.11. The van der Waals surface area contributed by atoms with Crippen LogP contribution in [0.1, 0.15) is 22.6 Å². The summed E-state index contributed by atoms with van der Waals surface area (Å²) in [5.74, 6) is 0.233. The maximum absolute atomic E-state index is 12.1. The summed E-state index contributed by atoms with van der Waals surface area (Å²) in [6, 6.07) is 11.5. The molecule has 0 saturated heterocycles. The van der Waals surface area contributed by atoms with Crippen LogP contribution in [0.2, 0.25) is 10.0 Å². The molecule has 6 nitrogen and oxygen atoms in total. The predicted molar refractivity (Wildman–Crippen MR) is 113 cm³/mol. The number of hydrogen-bond donors (Lipinski definition) is 1. The van der Waals surface area contributed by atoms with Crippen molar-refractivity contribution in [1.82, 2.24) is 4.98 Å². The Balaban J connectivity index is 1.40. The quantitative estimate of drug-likeness (QED) is 0.279. The van der Waals surface area contributed by atoms with E-state index in [9.17, 15) is 9.59 Å². The van der Waals surface area contributed by atoms with Crippen molar-refractivity contribution >= 4 is 52.1 Å². The van der Waals surface area contributed by atoms with Crippen LogP contribution in [0.25, 0.3) is 0 Å². The number of carbonyl (C=O) groups excluding carboxylic acids is 2. The van der Waals surface area contributed by atoms with E-state index in [0.717, 1.165) is 0 Å². The van der Waals surface area contributed by atoms with E-state index in [-0.39, 0.29) is 17.3 Å². The summed E-state index contributed by atoms with van der Waals surface area (Å²) >= 11 is 13.1. The molecule has 0 unspecified atom stereocenters. The van der Waals surface area contributed by atoms with E-state index >= 15 is 0 Å². The number of anilines is 1. The van der Waals surface area contributed by atoms with Gasteiger partial charge in [-0.05, 0) is 48.9 Å². The van der Waals surface area contributed by atoms with Gasteiger partial charge in [-0.15, -0.1) is 11.3 Å². The van der Waals surface area contributed by atoms with Crippen LogP contribution in [0, 0.1) is 0 Å². The minimum Gasteiger partial charge on any atom is -0.492 e. The maximum Gasteiger partial charge on any atom is 0.372 e. The number of halogens is 2. The summed E-state index contributed by atoms with van der Waals surface area (Å²) in [5.41, 5.74) is 0.603. The summed E-state index contributed by atoms with van der Waals surface area (Å²) < 4.78 is 10.8. The van der Waals surface area contributed by atoms with Gasteiger partial charge in [0.05, 0.1) is 11.6 Å². The Labute approximate surface area is 181 Å². The van der Waals surface area contributed by atoms with Gasteiger partial charge in [0.15, 0.2) is 0 Å². The SMILES string of the molecule is O=C(CCCOc1ccc(Cl)cc1Cl)Nc1ccc(OC(=O)c2nccs2)cc1. The van der Waals surface area contributed by atoms with E-state index in [0.29, 0.717) is 40.3 Å². The van der Waals surface area contributed by atoms with Gasteiger partial charge < -0.3 is 14.8 Å².